The Morgan fingerprint density at radius 1 is 1.00 bits per heavy atom. The smallest absolute Gasteiger partial charge is 0.256 e. The number of benzene rings is 2. The molecule has 0 aromatic heterocycles. The fraction of sp³-hybridized carbons (Fsp3) is 0.125. The van der Waals surface area contributed by atoms with Gasteiger partial charge in [0.1, 0.15) is 6.04 Å². The normalized spacial score (nSPS) is 18.1. The zero-order chi connectivity index (χ0) is 14.8. The number of hydrogen-bond acceptors (Lipinski definition) is 3. The summed E-state index contributed by atoms with van der Waals surface area (Å²) in [6.07, 6.45) is 0.124. The number of hydrogen-bond donors (Lipinski definition) is 1. The van der Waals surface area contributed by atoms with Crippen LogP contribution in [0.2, 0.25) is 5.02 Å². The third-order valence-electron chi connectivity index (χ3n) is 3.35. The molecule has 0 spiro atoms. The molecule has 4 nitrogen and oxygen atoms in total. The highest BCUT2D eigenvalue weighted by Gasteiger charge is 2.40. The zero-order valence-corrected chi connectivity index (χ0v) is 11.9. The van der Waals surface area contributed by atoms with Crippen LogP contribution in [0, 0.1) is 0 Å². The van der Waals surface area contributed by atoms with Crippen LogP contribution in [0.4, 0.5) is 11.4 Å². The number of imide groups is 1. The maximum atomic E-state index is 12.5. The standard InChI is InChI=1S/C16H13ClN2O2/c17-12-8-4-5-9-14(12)19-15(20)10-13(16(19)21)18-11-6-2-1-3-7-11/h1-9,13,18H,10H2/t13-/m1/s1. The molecule has 1 heterocycles. The van der Waals surface area contributed by atoms with E-state index >= 15 is 0 Å². The van der Waals surface area contributed by atoms with Crippen molar-refractivity contribution in [2.45, 2.75) is 12.5 Å². The summed E-state index contributed by atoms with van der Waals surface area (Å²) in [5.74, 6) is -0.529. The summed E-state index contributed by atoms with van der Waals surface area (Å²) in [4.78, 5) is 25.8. The fourth-order valence-electron chi connectivity index (χ4n) is 2.37. The number of halogens is 1. The Kier molecular flexibility index (Phi) is 3.62. The van der Waals surface area contributed by atoms with E-state index in [1.54, 1.807) is 24.3 Å². The summed E-state index contributed by atoms with van der Waals surface area (Å²) in [6.45, 7) is 0. The second-order valence-electron chi connectivity index (χ2n) is 4.79. The first kappa shape index (κ1) is 13.6. The number of nitrogens with one attached hydrogen (secondary N) is 1. The first-order valence-corrected chi connectivity index (χ1v) is 6.97. The third kappa shape index (κ3) is 2.62. The van der Waals surface area contributed by atoms with Gasteiger partial charge in [-0.15, -0.1) is 0 Å². The average molecular weight is 301 g/mol. The molecule has 21 heavy (non-hydrogen) atoms. The van der Waals surface area contributed by atoms with E-state index in [1.807, 2.05) is 30.3 Å². The number of anilines is 2. The molecule has 1 aliphatic rings. The van der Waals surface area contributed by atoms with Gasteiger partial charge in [0.25, 0.3) is 5.91 Å². The lowest BCUT2D eigenvalue weighted by molar-refractivity contribution is -0.121. The molecule has 1 fully saturated rings. The van der Waals surface area contributed by atoms with Crippen LogP contribution in [0.5, 0.6) is 0 Å². The van der Waals surface area contributed by atoms with Gasteiger partial charge in [-0.05, 0) is 24.3 Å². The van der Waals surface area contributed by atoms with E-state index in [-0.39, 0.29) is 18.2 Å². The highest BCUT2D eigenvalue weighted by Crippen LogP contribution is 2.30. The van der Waals surface area contributed by atoms with Gasteiger partial charge >= 0.3 is 0 Å². The summed E-state index contributed by atoms with van der Waals surface area (Å²) in [5, 5.41) is 3.47. The van der Waals surface area contributed by atoms with Crippen molar-refractivity contribution in [1.82, 2.24) is 0 Å². The van der Waals surface area contributed by atoms with Gasteiger partial charge < -0.3 is 5.32 Å². The van der Waals surface area contributed by atoms with Gasteiger partial charge in [0.15, 0.2) is 0 Å². The van der Waals surface area contributed by atoms with E-state index < -0.39 is 6.04 Å². The van der Waals surface area contributed by atoms with Gasteiger partial charge in [-0.3, -0.25) is 9.59 Å². The summed E-state index contributed by atoms with van der Waals surface area (Å²) < 4.78 is 0. The Labute approximate surface area is 127 Å². The van der Waals surface area contributed by atoms with Crippen molar-refractivity contribution < 1.29 is 9.59 Å². The second kappa shape index (κ2) is 5.58. The third-order valence-corrected chi connectivity index (χ3v) is 3.67. The molecule has 1 aliphatic heterocycles. The largest absolute Gasteiger partial charge is 0.373 e. The monoisotopic (exact) mass is 300 g/mol. The van der Waals surface area contributed by atoms with Crippen molar-refractivity contribution in [3.05, 3.63) is 59.6 Å². The number of carbonyl (C=O) groups excluding carboxylic acids is 2. The van der Waals surface area contributed by atoms with Gasteiger partial charge in [-0.25, -0.2) is 4.90 Å². The number of nitrogens with zero attached hydrogens (tertiary/aromatic N) is 1. The highest BCUT2D eigenvalue weighted by molar-refractivity contribution is 6.36. The van der Waals surface area contributed by atoms with Crippen LogP contribution in [0.15, 0.2) is 54.6 Å². The van der Waals surface area contributed by atoms with E-state index in [4.69, 9.17) is 11.6 Å². The molecule has 2 amide bonds. The van der Waals surface area contributed by atoms with Gasteiger partial charge in [0.05, 0.1) is 17.1 Å². The molecule has 0 bridgehead atoms. The Balaban J connectivity index is 1.84. The Morgan fingerprint density at radius 2 is 1.67 bits per heavy atom. The van der Waals surface area contributed by atoms with Crippen molar-refractivity contribution in [1.29, 1.82) is 0 Å². The number of para-hydroxylation sites is 2. The van der Waals surface area contributed by atoms with Crippen LogP contribution in [-0.2, 0) is 9.59 Å². The molecule has 0 saturated carbocycles. The molecule has 5 heteroatoms. The first-order chi connectivity index (χ1) is 10.2. The molecular formula is C16H13ClN2O2. The minimum absolute atomic E-state index is 0.124. The number of rotatable bonds is 3. The van der Waals surface area contributed by atoms with Crippen LogP contribution in [0.25, 0.3) is 0 Å². The number of carbonyl (C=O) groups is 2. The Bertz CT molecular complexity index is 688. The molecule has 3 rings (SSSR count). The van der Waals surface area contributed by atoms with Crippen LogP contribution in [0.3, 0.4) is 0 Å². The van der Waals surface area contributed by atoms with E-state index in [0.29, 0.717) is 10.7 Å². The zero-order valence-electron chi connectivity index (χ0n) is 11.1. The van der Waals surface area contributed by atoms with Crippen LogP contribution < -0.4 is 10.2 Å². The van der Waals surface area contributed by atoms with E-state index in [2.05, 4.69) is 5.32 Å². The first-order valence-electron chi connectivity index (χ1n) is 6.60. The summed E-state index contributed by atoms with van der Waals surface area (Å²) in [5.41, 5.74) is 1.25. The topological polar surface area (TPSA) is 49.4 Å². The van der Waals surface area contributed by atoms with Crippen LogP contribution in [0.1, 0.15) is 6.42 Å². The quantitative estimate of drug-likeness (QED) is 0.886. The molecule has 0 unspecified atom stereocenters. The molecule has 1 saturated heterocycles. The van der Waals surface area contributed by atoms with Gasteiger partial charge in [0, 0.05) is 5.69 Å². The summed E-state index contributed by atoms with van der Waals surface area (Å²) in [7, 11) is 0. The molecular weight excluding hydrogens is 288 g/mol. The minimum Gasteiger partial charge on any atom is -0.373 e. The minimum atomic E-state index is -0.559. The molecule has 2 aromatic carbocycles. The van der Waals surface area contributed by atoms with Crippen LogP contribution >= 0.6 is 11.6 Å². The Morgan fingerprint density at radius 3 is 2.38 bits per heavy atom. The maximum absolute atomic E-state index is 12.5. The fourth-order valence-corrected chi connectivity index (χ4v) is 2.59. The van der Waals surface area contributed by atoms with Crippen molar-refractivity contribution in [2.75, 3.05) is 10.2 Å². The predicted molar refractivity (Wildman–Crippen MR) is 82.4 cm³/mol. The van der Waals surface area contributed by atoms with Crippen molar-refractivity contribution in [2.24, 2.45) is 0 Å². The SMILES string of the molecule is O=C1C[C@@H](Nc2ccccc2)C(=O)N1c1ccccc1Cl. The van der Waals surface area contributed by atoms with E-state index in [1.165, 1.54) is 0 Å². The molecule has 0 radical (unpaired) electrons. The Hall–Kier alpha value is -2.33. The lowest BCUT2D eigenvalue weighted by Gasteiger charge is -2.17. The van der Waals surface area contributed by atoms with E-state index in [0.717, 1.165) is 10.6 Å². The molecule has 106 valence electrons. The second-order valence-corrected chi connectivity index (χ2v) is 5.19. The molecule has 1 atom stereocenters. The van der Waals surface area contributed by atoms with Crippen LogP contribution in [-0.4, -0.2) is 17.9 Å². The summed E-state index contributed by atoms with van der Waals surface area (Å²) >= 11 is 6.08. The lowest BCUT2D eigenvalue weighted by atomic mass is 10.2. The van der Waals surface area contributed by atoms with E-state index in [9.17, 15) is 9.59 Å². The average Bonchev–Trinajstić information content (AvgIpc) is 2.76. The maximum Gasteiger partial charge on any atom is 0.256 e. The lowest BCUT2D eigenvalue weighted by Crippen LogP contribution is -2.34. The highest BCUT2D eigenvalue weighted by atomic mass is 35.5. The van der Waals surface area contributed by atoms with Crippen molar-refractivity contribution in [3.8, 4) is 0 Å². The number of amides is 2. The molecule has 1 N–H and O–H groups in total. The van der Waals surface area contributed by atoms with Gasteiger partial charge in [-0.1, -0.05) is 41.9 Å². The molecule has 2 aromatic rings. The van der Waals surface area contributed by atoms with Crippen molar-refractivity contribution >= 4 is 34.8 Å². The molecule has 0 aliphatic carbocycles. The van der Waals surface area contributed by atoms with Gasteiger partial charge in [-0.2, -0.15) is 0 Å². The summed E-state index contributed by atoms with van der Waals surface area (Å²) in [6, 6.07) is 15.6. The van der Waals surface area contributed by atoms with Crippen molar-refractivity contribution in [3.63, 3.8) is 0 Å². The van der Waals surface area contributed by atoms with Gasteiger partial charge in [0.2, 0.25) is 5.91 Å². The predicted octanol–water partition coefficient (Wildman–Crippen LogP) is 3.08.